The molecule has 0 aliphatic carbocycles. The van der Waals surface area contributed by atoms with Crippen molar-refractivity contribution in [3.05, 3.63) is 53.6 Å². The van der Waals surface area contributed by atoms with Gasteiger partial charge in [0.2, 0.25) is 0 Å². The van der Waals surface area contributed by atoms with Crippen molar-refractivity contribution in [3.8, 4) is 17.2 Å². The Balaban J connectivity index is 1.89. The molecule has 0 saturated heterocycles. The molecule has 0 fully saturated rings. The van der Waals surface area contributed by atoms with Crippen molar-refractivity contribution in [3.63, 3.8) is 0 Å². The summed E-state index contributed by atoms with van der Waals surface area (Å²) >= 11 is 0. The third-order valence-corrected chi connectivity index (χ3v) is 3.30. The van der Waals surface area contributed by atoms with E-state index >= 15 is 0 Å². The third kappa shape index (κ3) is 1.99. The minimum atomic E-state index is 0.226. The van der Waals surface area contributed by atoms with Gasteiger partial charge in [-0.05, 0) is 35.7 Å². The molecule has 1 heterocycles. The van der Waals surface area contributed by atoms with Crippen LogP contribution >= 0.6 is 0 Å². The van der Waals surface area contributed by atoms with Gasteiger partial charge in [-0.25, -0.2) is 0 Å². The zero-order chi connectivity index (χ0) is 12.5. The zero-order valence-electron chi connectivity index (χ0n) is 9.84. The molecule has 2 N–H and O–H groups in total. The molecule has 0 bridgehead atoms. The lowest BCUT2D eigenvalue weighted by Crippen LogP contribution is -2.19. The molecule has 3 nitrogen and oxygen atoms in total. The van der Waals surface area contributed by atoms with Gasteiger partial charge in [-0.3, -0.25) is 0 Å². The Labute approximate surface area is 105 Å². The van der Waals surface area contributed by atoms with Crippen LogP contribution in [0.2, 0.25) is 0 Å². The quantitative estimate of drug-likeness (QED) is 0.808. The first-order chi connectivity index (χ1) is 8.72. The first kappa shape index (κ1) is 11.0. The Bertz CT molecular complexity index is 578. The SMILES string of the molecule is Oc1cccc(C2COc3cc(O)ccc3C2)c1. The van der Waals surface area contributed by atoms with Crippen LogP contribution in [0.5, 0.6) is 17.2 Å². The van der Waals surface area contributed by atoms with E-state index in [1.807, 2.05) is 18.2 Å². The summed E-state index contributed by atoms with van der Waals surface area (Å²) in [5, 5.41) is 18.9. The molecule has 0 saturated carbocycles. The summed E-state index contributed by atoms with van der Waals surface area (Å²) in [6, 6.07) is 12.5. The number of ether oxygens (including phenoxy) is 1. The molecule has 3 heteroatoms. The van der Waals surface area contributed by atoms with Gasteiger partial charge in [0, 0.05) is 12.0 Å². The van der Waals surface area contributed by atoms with Gasteiger partial charge < -0.3 is 14.9 Å². The fourth-order valence-electron chi connectivity index (χ4n) is 2.35. The highest BCUT2D eigenvalue weighted by Gasteiger charge is 2.21. The summed E-state index contributed by atoms with van der Waals surface area (Å²) in [6.45, 7) is 0.569. The summed E-state index contributed by atoms with van der Waals surface area (Å²) < 4.78 is 5.67. The Morgan fingerprint density at radius 2 is 1.83 bits per heavy atom. The zero-order valence-corrected chi connectivity index (χ0v) is 9.84. The van der Waals surface area contributed by atoms with E-state index in [-0.39, 0.29) is 17.4 Å². The number of rotatable bonds is 1. The van der Waals surface area contributed by atoms with Gasteiger partial charge in [0.05, 0.1) is 6.61 Å². The lowest BCUT2D eigenvalue weighted by molar-refractivity contribution is 0.261. The van der Waals surface area contributed by atoms with E-state index < -0.39 is 0 Å². The fraction of sp³-hybridized carbons (Fsp3) is 0.200. The van der Waals surface area contributed by atoms with Crippen molar-refractivity contribution in [1.29, 1.82) is 0 Å². The predicted octanol–water partition coefficient (Wildman–Crippen LogP) is 2.82. The minimum Gasteiger partial charge on any atom is -0.508 e. The van der Waals surface area contributed by atoms with Crippen LogP contribution in [0, 0.1) is 0 Å². The van der Waals surface area contributed by atoms with Crippen LogP contribution in [0.25, 0.3) is 0 Å². The van der Waals surface area contributed by atoms with Crippen molar-refractivity contribution >= 4 is 0 Å². The summed E-state index contributed by atoms with van der Waals surface area (Å²) in [6.07, 6.45) is 0.860. The van der Waals surface area contributed by atoms with Crippen molar-refractivity contribution in [2.24, 2.45) is 0 Å². The number of phenols is 2. The largest absolute Gasteiger partial charge is 0.508 e. The maximum Gasteiger partial charge on any atom is 0.126 e. The molecule has 0 radical (unpaired) electrons. The van der Waals surface area contributed by atoms with Gasteiger partial charge in [-0.15, -0.1) is 0 Å². The molecule has 0 amide bonds. The van der Waals surface area contributed by atoms with Crippen molar-refractivity contribution in [2.45, 2.75) is 12.3 Å². The van der Waals surface area contributed by atoms with E-state index in [1.165, 1.54) is 0 Å². The van der Waals surface area contributed by atoms with E-state index in [4.69, 9.17) is 4.74 Å². The average molecular weight is 242 g/mol. The van der Waals surface area contributed by atoms with E-state index in [1.54, 1.807) is 24.3 Å². The molecule has 0 aromatic heterocycles. The highest BCUT2D eigenvalue weighted by molar-refractivity contribution is 5.43. The van der Waals surface area contributed by atoms with Crippen LogP contribution in [0.15, 0.2) is 42.5 Å². The van der Waals surface area contributed by atoms with E-state index in [0.717, 1.165) is 23.3 Å². The topological polar surface area (TPSA) is 49.7 Å². The van der Waals surface area contributed by atoms with Gasteiger partial charge in [0.15, 0.2) is 0 Å². The molecule has 1 aliphatic rings. The number of aromatic hydroxyl groups is 2. The summed E-state index contributed by atoms with van der Waals surface area (Å²) in [7, 11) is 0. The normalized spacial score (nSPS) is 17.9. The first-order valence-electron chi connectivity index (χ1n) is 5.96. The minimum absolute atomic E-state index is 0.226. The molecule has 3 rings (SSSR count). The molecule has 1 unspecified atom stereocenters. The highest BCUT2D eigenvalue weighted by Crippen LogP contribution is 2.35. The molecular weight excluding hydrogens is 228 g/mol. The number of hydrogen-bond donors (Lipinski definition) is 2. The Morgan fingerprint density at radius 3 is 2.67 bits per heavy atom. The van der Waals surface area contributed by atoms with Gasteiger partial charge in [-0.1, -0.05) is 18.2 Å². The molecule has 2 aromatic rings. The maximum absolute atomic E-state index is 9.50. The highest BCUT2D eigenvalue weighted by atomic mass is 16.5. The first-order valence-corrected chi connectivity index (χ1v) is 5.96. The predicted molar refractivity (Wildman–Crippen MR) is 68.2 cm³/mol. The van der Waals surface area contributed by atoms with Crippen molar-refractivity contribution in [1.82, 2.24) is 0 Å². The van der Waals surface area contributed by atoms with Gasteiger partial charge >= 0.3 is 0 Å². The van der Waals surface area contributed by atoms with Crippen molar-refractivity contribution < 1.29 is 14.9 Å². The second-order valence-electron chi connectivity index (χ2n) is 4.60. The van der Waals surface area contributed by atoms with Crippen LogP contribution < -0.4 is 4.74 Å². The van der Waals surface area contributed by atoms with Crippen LogP contribution in [0.3, 0.4) is 0 Å². The number of benzene rings is 2. The van der Waals surface area contributed by atoms with Crippen LogP contribution in [0.4, 0.5) is 0 Å². The number of hydrogen-bond acceptors (Lipinski definition) is 3. The van der Waals surface area contributed by atoms with Crippen LogP contribution in [0.1, 0.15) is 17.0 Å². The molecule has 1 aliphatic heterocycles. The lowest BCUT2D eigenvalue weighted by atomic mass is 9.90. The smallest absolute Gasteiger partial charge is 0.126 e. The molecule has 0 spiro atoms. The Hall–Kier alpha value is -2.16. The van der Waals surface area contributed by atoms with Gasteiger partial charge in [0.1, 0.15) is 17.2 Å². The number of phenolic OH excluding ortho intramolecular Hbond substituents is 2. The van der Waals surface area contributed by atoms with Crippen LogP contribution in [-0.2, 0) is 6.42 Å². The Kier molecular flexibility index (Phi) is 2.59. The van der Waals surface area contributed by atoms with Gasteiger partial charge in [0.25, 0.3) is 0 Å². The molecule has 1 atom stereocenters. The molecule has 92 valence electrons. The van der Waals surface area contributed by atoms with Crippen molar-refractivity contribution in [2.75, 3.05) is 6.61 Å². The second kappa shape index (κ2) is 4.26. The Morgan fingerprint density at radius 1 is 1.00 bits per heavy atom. The molecule has 18 heavy (non-hydrogen) atoms. The second-order valence-corrected chi connectivity index (χ2v) is 4.60. The molecule has 2 aromatic carbocycles. The summed E-state index contributed by atoms with van der Waals surface area (Å²) in [5.41, 5.74) is 2.17. The monoisotopic (exact) mass is 242 g/mol. The molecular formula is C15H14O3. The number of fused-ring (bicyclic) bond motifs is 1. The van der Waals surface area contributed by atoms with E-state index in [0.29, 0.717) is 6.61 Å². The maximum atomic E-state index is 9.50. The fourth-order valence-corrected chi connectivity index (χ4v) is 2.35. The van der Waals surface area contributed by atoms with Gasteiger partial charge in [-0.2, -0.15) is 0 Å². The van der Waals surface area contributed by atoms with E-state index in [9.17, 15) is 10.2 Å². The standard InChI is InChI=1S/C15H14O3/c16-13-3-1-2-10(7-13)12-6-11-4-5-14(17)8-15(11)18-9-12/h1-5,7-8,12,16-17H,6,9H2. The van der Waals surface area contributed by atoms with E-state index in [2.05, 4.69) is 0 Å². The summed E-state index contributed by atoms with van der Waals surface area (Å²) in [5.74, 6) is 1.51. The van der Waals surface area contributed by atoms with Crippen LogP contribution in [-0.4, -0.2) is 16.8 Å². The average Bonchev–Trinajstić information content (AvgIpc) is 2.38. The summed E-state index contributed by atoms with van der Waals surface area (Å²) in [4.78, 5) is 0. The lowest BCUT2D eigenvalue weighted by Gasteiger charge is -2.25. The third-order valence-electron chi connectivity index (χ3n) is 3.30.